The summed E-state index contributed by atoms with van der Waals surface area (Å²) in [6, 6.07) is 18.5. The first-order valence-electron chi connectivity index (χ1n) is 9.68. The van der Waals surface area contributed by atoms with E-state index in [2.05, 4.69) is 10.0 Å². The van der Waals surface area contributed by atoms with Gasteiger partial charge in [-0.05, 0) is 0 Å². The summed E-state index contributed by atoms with van der Waals surface area (Å²) in [6.45, 7) is 0.253. The predicted molar refractivity (Wildman–Crippen MR) is 114 cm³/mol. The maximum absolute atomic E-state index is 12.1. The van der Waals surface area contributed by atoms with Crippen molar-refractivity contribution < 1.29 is 23.7 Å². The molecule has 0 aromatic heterocycles. The van der Waals surface area contributed by atoms with Gasteiger partial charge in [-0.25, -0.2) is 0 Å². The summed E-state index contributed by atoms with van der Waals surface area (Å²) < 4.78 is 25.0. The second-order valence-corrected chi connectivity index (χ2v) is 9.66. The molecule has 2 heterocycles. The first kappa shape index (κ1) is 22.1. The molecule has 2 aromatic carbocycles. The molecule has 2 fully saturated rings. The van der Waals surface area contributed by atoms with Gasteiger partial charge in [-0.15, -0.1) is 0 Å². The first-order chi connectivity index (χ1) is 15.2. The Morgan fingerprint density at radius 2 is 1.87 bits per heavy atom. The third-order valence-electron chi connectivity index (χ3n) is 4.94. The molecule has 1 unspecified atom stereocenters. The summed E-state index contributed by atoms with van der Waals surface area (Å²) in [7, 11) is 0. The summed E-state index contributed by atoms with van der Waals surface area (Å²) in [6.07, 6.45) is -2.63. The number of ether oxygens (including phenoxy) is 4. The molecule has 162 valence electrons. The second kappa shape index (κ2) is 10.5. The van der Waals surface area contributed by atoms with Crippen molar-refractivity contribution in [1.29, 1.82) is 0 Å². The van der Waals surface area contributed by atoms with Gasteiger partial charge in [-0.3, -0.25) is 0 Å². The van der Waals surface area contributed by atoms with E-state index in [1.54, 1.807) is 0 Å². The number of halogens is 1. The van der Waals surface area contributed by atoms with E-state index in [-0.39, 0.29) is 27.4 Å². The van der Waals surface area contributed by atoms with Crippen LogP contribution in [0.4, 0.5) is 0 Å². The van der Waals surface area contributed by atoms with Gasteiger partial charge >= 0.3 is 191 Å². The molecule has 6 atom stereocenters. The third-order valence-corrected chi connectivity index (χ3v) is 7.60. The molecule has 0 aliphatic carbocycles. The standard InChI is InChI=1S/C21H20ClN3O5Se/c22-11-16(26)29-19-17(24-25-23)21(31-14-9-5-2-6-10-14)28-15-12-27-20(30-18(15)19)13-7-3-1-4-8-13/h1-10,15,17-21H,11-12H2/t15-,17-,18+,19-,20?,21-/m1/s1. The van der Waals surface area contributed by atoms with Gasteiger partial charge in [-0.2, -0.15) is 0 Å². The Labute approximate surface area is 190 Å². The molecule has 0 saturated carbocycles. The molecule has 10 heteroatoms. The van der Waals surface area contributed by atoms with Crippen LogP contribution < -0.4 is 4.46 Å². The zero-order valence-electron chi connectivity index (χ0n) is 16.3. The van der Waals surface area contributed by atoms with Crippen LogP contribution in [0.3, 0.4) is 0 Å². The molecule has 0 amide bonds. The number of carbonyl (C=O) groups excluding carboxylic acids is 1. The zero-order chi connectivity index (χ0) is 21.6. The Bertz CT molecular complexity index is 931. The van der Waals surface area contributed by atoms with Gasteiger partial charge in [0, 0.05) is 0 Å². The van der Waals surface area contributed by atoms with Gasteiger partial charge in [-0.1, -0.05) is 0 Å². The molecule has 0 spiro atoms. The summed E-state index contributed by atoms with van der Waals surface area (Å²) in [5.41, 5.74) is 10.0. The number of hydrogen-bond donors (Lipinski definition) is 0. The van der Waals surface area contributed by atoms with E-state index in [1.165, 1.54) is 0 Å². The summed E-state index contributed by atoms with van der Waals surface area (Å²) in [5, 5.41) is 3.49. The predicted octanol–water partition coefficient (Wildman–Crippen LogP) is 2.68. The Morgan fingerprint density at radius 3 is 2.55 bits per heavy atom. The number of esters is 1. The average molecular weight is 509 g/mol. The van der Waals surface area contributed by atoms with E-state index in [0.717, 1.165) is 10.0 Å². The van der Waals surface area contributed by atoms with Gasteiger partial charge in [0.2, 0.25) is 0 Å². The van der Waals surface area contributed by atoms with Crippen LogP contribution in [0.1, 0.15) is 11.9 Å². The minimum atomic E-state index is -0.841. The molecule has 0 radical (unpaired) electrons. The molecule has 8 nitrogen and oxygen atoms in total. The normalized spacial score (nSPS) is 30.0. The van der Waals surface area contributed by atoms with Crippen LogP contribution in [-0.2, 0) is 23.7 Å². The van der Waals surface area contributed by atoms with E-state index in [0.29, 0.717) is 0 Å². The van der Waals surface area contributed by atoms with Crippen molar-refractivity contribution >= 4 is 37.0 Å². The minimum absolute atomic E-state index is 0.201. The Kier molecular flexibility index (Phi) is 7.48. The summed E-state index contributed by atoms with van der Waals surface area (Å²) in [5.74, 6) is -0.923. The Hall–Kier alpha value is -2.09. The molecule has 2 aromatic rings. The fourth-order valence-corrected chi connectivity index (χ4v) is 6.00. The van der Waals surface area contributed by atoms with E-state index in [1.807, 2.05) is 60.7 Å². The fourth-order valence-electron chi connectivity index (χ4n) is 3.57. The topological polar surface area (TPSA) is 103 Å². The second-order valence-electron chi connectivity index (χ2n) is 6.93. The van der Waals surface area contributed by atoms with Gasteiger partial charge in [0.25, 0.3) is 0 Å². The van der Waals surface area contributed by atoms with Crippen LogP contribution in [0.15, 0.2) is 65.8 Å². The van der Waals surface area contributed by atoms with Crippen molar-refractivity contribution in [1.82, 2.24) is 0 Å². The van der Waals surface area contributed by atoms with Gasteiger partial charge in [0.1, 0.15) is 0 Å². The van der Waals surface area contributed by atoms with Crippen molar-refractivity contribution in [3.63, 3.8) is 0 Å². The van der Waals surface area contributed by atoms with Crippen LogP contribution in [0.5, 0.6) is 0 Å². The third kappa shape index (κ3) is 5.22. The van der Waals surface area contributed by atoms with E-state index in [4.69, 9.17) is 30.5 Å². The van der Waals surface area contributed by atoms with Crippen molar-refractivity contribution in [2.24, 2.45) is 5.11 Å². The van der Waals surface area contributed by atoms with Crippen LogP contribution in [0, 0.1) is 0 Å². The quantitative estimate of drug-likeness (QED) is 0.149. The number of nitrogens with zero attached hydrogens (tertiary/aromatic N) is 3. The average Bonchev–Trinajstić information content (AvgIpc) is 2.82. The van der Waals surface area contributed by atoms with Crippen molar-refractivity contribution in [3.8, 4) is 0 Å². The molecular weight excluding hydrogens is 489 g/mol. The van der Waals surface area contributed by atoms with Crippen molar-refractivity contribution in [3.05, 3.63) is 76.7 Å². The molecule has 2 aliphatic heterocycles. The summed E-state index contributed by atoms with van der Waals surface area (Å²) in [4.78, 5) is 15.1. The Morgan fingerprint density at radius 1 is 1.16 bits per heavy atom. The summed E-state index contributed by atoms with van der Waals surface area (Å²) >= 11 is 5.49. The zero-order valence-corrected chi connectivity index (χ0v) is 18.8. The van der Waals surface area contributed by atoms with Gasteiger partial charge in [0.15, 0.2) is 0 Å². The number of benzene rings is 2. The number of carbonyl (C=O) groups is 1. The van der Waals surface area contributed by atoms with Crippen LogP contribution in [-0.4, -0.2) is 62.8 Å². The van der Waals surface area contributed by atoms with Crippen LogP contribution in [0.2, 0.25) is 0 Å². The molecular formula is C21H20ClN3O5Se. The van der Waals surface area contributed by atoms with E-state index in [9.17, 15) is 10.3 Å². The van der Waals surface area contributed by atoms with E-state index >= 15 is 0 Å². The monoisotopic (exact) mass is 509 g/mol. The maximum atomic E-state index is 12.1. The molecule has 2 saturated heterocycles. The molecule has 0 bridgehead atoms. The van der Waals surface area contributed by atoms with Crippen LogP contribution >= 0.6 is 11.6 Å². The number of alkyl halides is 1. The first-order valence-corrected chi connectivity index (χ1v) is 12.1. The molecule has 4 rings (SSSR count). The SMILES string of the molecule is [N-]=[N+]=N[C@@H]1[C@@H](OC(=O)CCl)[C@H]2OC(c3ccccc3)OC[C@H]2O[C@@H]1[Se]c1ccccc1. The van der Waals surface area contributed by atoms with Gasteiger partial charge < -0.3 is 0 Å². The van der Waals surface area contributed by atoms with Gasteiger partial charge in [0.05, 0.1) is 0 Å². The molecule has 2 aliphatic rings. The number of hydrogen-bond acceptors (Lipinski definition) is 6. The van der Waals surface area contributed by atoms with E-state index < -0.39 is 41.6 Å². The number of rotatable bonds is 6. The van der Waals surface area contributed by atoms with Crippen LogP contribution in [0.25, 0.3) is 10.4 Å². The number of azide groups is 1. The molecule has 0 N–H and O–H groups in total. The Balaban J connectivity index is 1.62. The fraction of sp³-hybridized carbons (Fsp3) is 0.381. The van der Waals surface area contributed by atoms with Crippen molar-refractivity contribution in [2.45, 2.75) is 35.6 Å². The van der Waals surface area contributed by atoms with Crippen molar-refractivity contribution in [2.75, 3.05) is 12.5 Å². The molecule has 31 heavy (non-hydrogen) atoms. The number of fused-ring (bicyclic) bond motifs is 1.